The lowest BCUT2D eigenvalue weighted by molar-refractivity contribution is -0.252. The topological polar surface area (TPSA) is 38.7 Å². The summed E-state index contributed by atoms with van der Waals surface area (Å²) in [7, 11) is 0. The van der Waals surface area contributed by atoms with Gasteiger partial charge in [0.25, 0.3) is 0 Å². The van der Waals surface area contributed by atoms with Gasteiger partial charge in [0, 0.05) is 0 Å². The van der Waals surface area contributed by atoms with Crippen LogP contribution in [0.15, 0.2) is 12.8 Å². The molecule has 3 nitrogen and oxygen atoms in total. The summed E-state index contributed by atoms with van der Waals surface area (Å²) >= 11 is 0. The number of hydrogen-bond donors (Lipinski definition) is 1. The molecule has 42 valence electrons. The van der Waals surface area contributed by atoms with Crippen LogP contribution in [0.5, 0.6) is 0 Å². The van der Waals surface area contributed by atoms with E-state index in [1.165, 1.54) is 0 Å². The van der Waals surface area contributed by atoms with Gasteiger partial charge in [-0.2, -0.15) is 4.89 Å². The van der Waals surface area contributed by atoms with Crippen molar-refractivity contribution < 1.29 is 14.9 Å². The Hall–Kier alpha value is -0.540. The van der Waals surface area contributed by atoms with Crippen molar-refractivity contribution in [1.82, 2.24) is 0 Å². The molecule has 0 saturated heterocycles. The van der Waals surface area contributed by atoms with E-state index in [1.54, 1.807) is 0 Å². The molecule has 0 atom stereocenters. The molecule has 0 aliphatic rings. The van der Waals surface area contributed by atoms with E-state index in [0.717, 1.165) is 6.26 Å². The summed E-state index contributed by atoms with van der Waals surface area (Å²) in [5, 5.41) is 8.05. The maximum Gasteiger partial charge on any atom is 0.122 e. The number of aliphatic hydroxyl groups is 1. The quantitative estimate of drug-likeness (QED) is 0.237. The van der Waals surface area contributed by atoms with E-state index in [9.17, 15) is 0 Å². The van der Waals surface area contributed by atoms with Gasteiger partial charge in [-0.3, -0.25) is 0 Å². The van der Waals surface area contributed by atoms with E-state index in [1.807, 2.05) is 0 Å². The van der Waals surface area contributed by atoms with E-state index in [4.69, 9.17) is 5.11 Å². The summed E-state index contributed by atoms with van der Waals surface area (Å²) in [6.07, 6.45) is 1.15. The lowest BCUT2D eigenvalue weighted by Crippen LogP contribution is -1.95. The zero-order chi connectivity index (χ0) is 5.54. The molecule has 1 N–H and O–H groups in total. The highest BCUT2D eigenvalue weighted by Crippen LogP contribution is 1.73. The van der Waals surface area contributed by atoms with Gasteiger partial charge in [-0.1, -0.05) is 6.58 Å². The summed E-state index contributed by atoms with van der Waals surface area (Å²) in [6.45, 7) is 3.36. The van der Waals surface area contributed by atoms with E-state index >= 15 is 0 Å². The number of hydrogen-bond acceptors (Lipinski definition) is 3. The molecule has 0 heterocycles. The van der Waals surface area contributed by atoms with E-state index in [-0.39, 0.29) is 13.2 Å². The molecule has 0 saturated carbocycles. The highest BCUT2D eigenvalue weighted by molar-refractivity contribution is 4.42. The van der Waals surface area contributed by atoms with Crippen molar-refractivity contribution in [2.45, 2.75) is 0 Å². The fourth-order valence-electron chi connectivity index (χ4n) is 0.133. The Morgan fingerprint density at radius 3 is 2.86 bits per heavy atom. The molecule has 0 unspecified atom stereocenters. The van der Waals surface area contributed by atoms with E-state index in [2.05, 4.69) is 16.4 Å². The van der Waals surface area contributed by atoms with Crippen LogP contribution in [0.25, 0.3) is 0 Å². The second-order valence-electron chi connectivity index (χ2n) is 0.808. The van der Waals surface area contributed by atoms with Crippen molar-refractivity contribution in [3.8, 4) is 0 Å². The van der Waals surface area contributed by atoms with Crippen LogP contribution in [0.4, 0.5) is 0 Å². The van der Waals surface area contributed by atoms with Gasteiger partial charge < -0.3 is 9.99 Å². The van der Waals surface area contributed by atoms with Gasteiger partial charge in [0.05, 0.1) is 6.61 Å². The SMILES string of the molecule is C=COOCCO. The van der Waals surface area contributed by atoms with Gasteiger partial charge in [-0.15, -0.1) is 0 Å². The smallest absolute Gasteiger partial charge is 0.122 e. The van der Waals surface area contributed by atoms with Gasteiger partial charge in [0.2, 0.25) is 0 Å². The minimum atomic E-state index is -0.0339. The van der Waals surface area contributed by atoms with Gasteiger partial charge >= 0.3 is 0 Å². The molecular formula is C4H8O3. The van der Waals surface area contributed by atoms with Crippen LogP contribution < -0.4 is 0 Å². The normalized spacial score (nSPS) is 8.14. The Morgan fingerprint density at radius 1 is 1.71 bits per heavy atom. The molecule has 0 aliphatic carbocycles. The first kappa shape index (κ1) is 6.46. The number of rotatable bonds is 4. The third-order valence-corrected chi connectivity index (χ3v) is 0.311. The summed E-state index contributed by atoms with van der Waals surface area (Å²) < 4.78 is 0. The van der Waals surface area contributed by atoms with Crippen LogP contribution in [0.2, 0.25) is 0 Å². The van der Waals surface area contributed by atoms with E-state index in [0.29, 0.717) is 0 Å². The van der Waals surface area contributed by atoms with Crippen LogP contribution >= 0.6 is 0 Å². The average Bonchev–Trinajstić information content (AvgIpc) is 1.69. The molecule has 0 spiro atoms. The number of aliphatic hydroxyl groups excluding tert-OH is 1. The predicted octanol–water partition coefficient (Wildman–Crippen LogP) is 0.0704. The Labute approximate surface area is 42.1 Å². The molecule has 0 aliphatic heterocycles. The minimum Gasteiger partial charge on any atom is -0.394 e. The van der Waals surface area contributed by atoms with Crippen LogP contribution in [0.1, 0.15) is 0 Å². The lowest BCUT2D eigenvalue weighted by Gasteiger charge is -1.93. The van der Waals surface area contributed by atoms with E-state index < -0.39 is 0 Å². The fraction of sp³-hybridized carbons (Fsp3) is 0.500. The molecule has 0 amide bonds. The highest BCUT2D eigenvalue weighted by Gasteiger charge is 1.76. The summed E-state index contributed by atoms with van der Waals surface area (Å²) in [5.74, 6) is 0. The summed E-state index contributed by atoms with van der Waals surface area (Å²) in [6, 6.07) is 0. The molecule has 0 aromatic rings. The third-order valence-electron chi connectivity index (χ3n) is 0.311. The first-order valence-corrected chi connectivity index (χ1v) is 1.92. The predicted molar refractivity (Wildman–Crippen MR) is 24.3 cm³/mol. The fourth-order valence-corrected chi connectivity index (χ4v) is 0.133. The molecule has 0 aromatic heterocycles. The van der Waals surface area contributed by atoms with Gasteiger partial charge in [-0.05, 0) is 0 Å². The third kappa shape index (κ3) is 5.46. The summed E-state index contributed by atoms with van der Waals surface area (Å²) in [4.78, 5) is 8.44. The van der Waals surface area contributed by atoms with Crippen LogP contribution in [0.3, 0.4) is 0 Å². The molecule has 0 fully saturated rings. The molecular weight excluding hydrogens is 96.0 g/mol. The first-order chi connectivity index (χ1) is 3.41. The standard InChI is InChI=1S/C4H8O3/c1-2-6-7-4-3-5/h2,5H,1,3-4H2. The molecule has 0 rings (SSSR count). The maximum absolute atomic E-state index is 8.05. The maximum atomic E-state index is 8.05. The molecule has 0 bridgehead atoms. The van der Waals surface area contributed by atoms with Crippen LogP contribution in [-0.2, 0) is 9.78 Å². The van der Waals surface area contributed by atoms with Crippen LogP contribution in [0, 0.1) is 0 Å². The highest BCUT2D eigenvalue weighted by atomic mass is 17.2. The van der Waals surface area contributed by atoms with Crippen molar-refractivity contribution in [3.05, 3.63) is 12.8 Å². The monoisotopic (exact) mass is 104 g/mol. The largest absolute Gasteiger partial charge is 0.394 e. The van der Waals surface area contributed by atoms with Crippen molar-refractivity contribution >= 4 is 0 Å². The summed E-state index contributed by atoms with van der Waals surface area (Å²) in [5.41, 5.74) is 0. The Morgan fingerprint density at radius 2 is 2.43 bits per heavy atom. The Balaban J connectivity index is 2.56. The van der Waals surface area contributed by atoms with Gasteiger partial charge in [-0.25, -0.2) is 0 Å². The molecule has 3 heteroatoms. The molecule has 7 heavy (non-hydrogen) atoms. The second-order valence-corrected chi connectivity index (χ2v) is 0.808. The Kier molecular flexibility index (Phi) is 5.04. The first-order valence-electron chi connectivity index (χ1n) is 1.92. The second kappa shape index (κ2) is 5.46. The van der Waals surface area contributed by atoms with Crippen molar-refractivity contribution in [1.29, 1.82) is 0 Å². The molecule has 0 aromatic carbocycles. The zero-order valence-corrected chi connectivity index (χ0v) is 3.96. The lowest BCUT2D eigenvalue weighted by atomic mass is 10.8. The Bertz CT molecular complexity index is 44.2. The van der Waals surface area contributed by atoms with Gasteiger partial charge in [0.1, 0.15) is 12.9 Å². The van der Waals surface area contributed by atoms with Gasteiger partial charge in [0.15, 0.2) is 0 Å². The van der Waals surface area contributed by atoms with Crippen LogP contribution in [-0.4, -0.2) is 18.3 Å². The van der Waals surface area contributed by atoms with Crippen molar-refractivity contribution in [2.75, 3.05) is 13.2 Å². The van der Waals surface area contributed by atoms with Crippen molar-refractivity contribution in [3.63, 3.8) is 0 Å². The average molecular weight is 104 g/mol. The molecule has 0 radical (unpaired) electrons. The minimum absolute atomic E-state index is 0.0339. The zero-order valence-electron chi connectivity index (χ0n) is 3.96. The van der Waals surface area contributed by atoms with Crippen molar-refractivity contribution in [2.24, 2.45) is 0 Å².